The van der Waals surface area contributed by atoms with E-state index in [1.807, 2.05) is 36.4 Å². The summed E-state index contributed by atoms with van der Waals surface area (Å²) in [5.41, 5.74) is 2.37. The number of ketones is 1. The first-order valence-electron chi connectivity index (χ1n) is 6.41. The van der Waals surface area contributed by atoms with Crippen LogP contribution in [0.5, 0.6) is 5.75 Å². The average Bonchev–Trinajstić information content (AvgIpc) is 2.48. The number of carbonyl (C=O) groups excluding carboxylic acids is 1. The van der Waals surface area contributed by atoms with Crippen LogP contribution in [0.4, 0.5) is 11.4 Å². The number of nitrogens with one attached hydrogen (secondary N) is 2. The van der Waals surface area contributed by atoms with E-state index in [1.165, 1.54) is 6.92 Å². The van der Waals surface area contributed by atoms with Gasteiger partial charge in [0.2, 0.25) is 0 Å². The molecule has 0 unspecified atom stereocenters. The number of ether oxygens (including phenoxy) is 1. The molecule has 0 bridgehead atoms. The highest BCUT2D eigenvalue weighted by molar-refractivity contribution is 7.80. The van der Waals surface area contributed by atoms with Gasteiger partial charge in [-0.25, -0.2) is 0 Å². The molecule has 0 heterocycles. The minimum Gasteiger partial charge on any atom is -0.497 e. The fraction of sp³-hybridized carbons (Fsp3) is 0.125. The summed E-state index contributed by atoms with van der Waals surface area (Å²) in [5.74, 6) is 0.833. The lowest BCUT2D eigenvalue weighted by Crippen LogP contribution is -2.19. The molecule has 0 aliphatic heterocycles. The maximum Gasteiger partial charge on any atom is 0.175 e. The molecule has 2 rings (SSSR count). The molecular formula is C16H16N2O2S. The van der Waals surface area contributed by atoms with Gasteiger partial charge in [-0.1, -0.05) is 0 Å². The predicted octanol–water partition coefficient (Wildman–Crippen LogP) is 3.71. The van der Waals surface area contributed by atoms with Gasteiger partial charge in [0.15, 0.2) is 10.9 Å². The van der Waals surface area contributed by atoms with Gasteiger partial charge in [-0.15, -0.1) is 0 Å². The summed E-state index contributed by atoms with van der Waals surface area (Å²) in [4.78, 5) is 11.2. The largest absolute Gasteiger partial charge is 0.497 e. The van der Waals surface area contributed by atoms with Crippen LogP contribution in [-0.2, 0) is 0 Å². The summed E-state index contributed by atoms with van der Waals surface area (Å²) in [5, 5.41) is 6.62. The number of hydrogen-bond donors (Lipinski definition) is 2. The first kappa shape index (κ1) is 15.0. The third kappa shape index (κ3) is 4.29. The smallest absolute Gasteiger partial charge is 0.175 e. The van der Waals surface area contributed by atoms with E-state index < -0.39 is 0 Å². The Hall–Kier alpha value is -2.40. The topological polar surface area (TPSA) is 50.4 Å². The van der Waals surface area contributed by atoms with Gasteiger partial charge in [0, 0.05) is 16.9 Å². The summed E-state index contributed by atoms with van der Waals surface area (Å²) in [6.07, 6.45) is 0. The molecule has 4 nitrogen and oxygen atoms in total. The standard InChI is InChI=1S/C16H16N2O2S/c1-11(19)12-3-5-13(6-4-12)17-16(21)18-14-7-9-15(20-2)10-8-14/h3-10H,1-2H3,(H2,17,18,21). The lowest BCUT2D eigenvalue weighted by atomic mass is 10.1. The summed E-state index contributed by atoms with van der Waals surface area (Å²) in [7, 11) is 1.62. The predicted molar refractivity (Wildman–Crippen MR) is 89.3 cm³/mol. The van der Waals surface area contributed by atoms with E-state index in [1.54, 1.807) is 19.2 Å². The van der Waals surface area contributed by atoms with Crippen LogP contribution in [0.2, 0.25) is 0 Å². The number of anilines is 2. The van der Waals surface area contributed by atoms with Gasteiger partial charge in [-0.3, -0.25) is 4.79 Å². The van der Waals surface area contributed by atoms with Crippen molar-refractivity contribution in [1.29, 1.82) is 0 Å². The molecule has 0 aliphatic carbocycles. The number of thiocarbonyl (C=S) groups is 1. The van der Waals surface area contributed by atoms with Crippen LogP contribution in [0.3, 0.4) is 0 Å². The molecule has 0 fully saturated rings. The van der Waals surface area contributed by atoms with Crippen LogP contribution in [0.15, 0.2) is 48.5 Å². The van der Waals surface area contributed by atoms with Crippen molar-refractivity contribution < 1.29 is 9.53 Å². The molecule has 0 atom stereocenters. The third-order valence-electron chi connectivity index (χ3n) is 2.90. The minimum atomic E-state index is 0.0421. The Morgan fingerprint density at radius 2 is 1.43 bits per heavy atom. The minimum absolute atomic E-state index is 0.0421. The fourth-order valence-corrected chi connectivity index (χ4v) is 1.99. The molecule has 2 aromatic rings. The Morgan fingerprint density at radius 1 is 0.952 bits per heavy atom. The Labute approximate surface area is 129 Å². The first-order valence-corrected chi connectivity index (χ1v) is 6.82. The van der Waals surface area contributed by atoms with Gasteiger partial charge < -0.3 is 15.4 Å². The van der Waals surface area contributed by atoms with E-state index >= 15 is 0 Å². The zero-order chi connectivity index (χ0) is 15.2. The molecule has 2 N–H and O–H groups in total. The Morgan fingerprint density at radius 3 is 1.86 bits per heavy atom. The summed E-state index contributed by atoms with van der Waals surface area (Å²) >= 11 is 5.24. The van der Waals surface area contributed by atoms with Crippen molar-refractivity contribution in [2.24, 2.45) is 0 Å². The van der Waals surface area contributed by atoms with Crippen LogP contribution in [0.25, 0.3) is 0 Å². The van der Waals surface area contributed by atoms with Crippen LogP contribution in [-0.4, -0.2) is 18.0 Å². The summed E-state index contributed by atoms with van der Waals surface area (Å²) in [6.45, 7) is 1.54. The third-order valence-corrected chi connectivity index (χ3v) is 3.10. The van der Waals surface area contributed by atoms with Crippen molar-refractivity contribution >= 4 is 34.5 Å². The number of hydrogen-bond acceptors (Lipinski definition) is 3. The Bertz CT molecular complexity index is 636. The van der Waals surface area contributed by atoms with Crippen molar-refractivity contribution in [2.45, 2.75) is 6.92 Å². The highest BCUT2D eigenvalue weighted by Gasteiger charge is 2.01. The van der Waals surface area contributed by atoms with E-state index in [0.717, 1.165) is 17.1 Å². The van der Waals surface area contributed by atoms with Gasteiger partial charge in [-0.2, -0.15) is 0 Å². The first-order chi connectivity index (χ1) is 10.1. The van der Waals surface area contributed by atoms with Crippen molar-refractivity contribution in [3.05, 3.63) is 54.1 Å². The van der Waals surface area contributed by atoms with Crippen LogP contribution in [0.1, 0.15) is 17.3 Å². The fourth-order valence-electron chi connectivity index (χ4n) is 1.76. The second kappa shape index (κ2) is 6.85. The normalized spacial score (nSPS) is 9.81. The van der Waals surface area contributed by atoms with Gasteiger partial charge >= 0.3 is 0 Å². The maximum absolute atomic E-state index is 11.2. The Balaban J connectivity index is 1.95. The van der Waals surface area contributed by atoms with Crippen LogP contribution < -0.4 is 15.4 Å². The van der Waals surface area contributed by atoms with E-state index in [9.17, 15) is 4.79 Å². The number of rotatable bonds is 4. The average molecular weight is 300 g/mol. The second-order valence-corrected chi connectivity index (χ2v) is 4.85. The zero-order valence-corrected chi connectivity index (χ0v) is 12.7. The second-order valence-electron chi connectivity index (χ2n) is 4.44. The molecule has 0 saturated carbocycles. The number of carbonyl (C=O) groups is 1. The van der Waals surface area contributed by atoms with E-state index in [-0.39, 0.29) is 5.78 Å². The van der Waals surface area contributed by atoms with E-state index in [0.29, 0.717) is 10.7 Å². The number of methoxy groups -OCH3 is 1. The molecule has 0 aliphatic rings. The molecule has 0 amide bonds. The highest BCUT2D eigenvalue weighted by atomic mass is 32.1. The van der Waals surface area contributed by atoms with Gasteiger partial charge in [0.25, 0.3) is 0 Å². The summed E-state index contributed by atoms with van der Waals surface area (Å²) < 4.78 is 5.10. The van der Waals surface area contributed by atoms with Crippen molar-refractivity contribution in [3.8, 4) is 5.75 Å². The molecule has 2 aromatic carbocycles. The van der Waals surface area contributed by atoms with Crippen molar-refractivity contribution in [2.75, 3.05) is 17.7 Å². The lowest BCUT2D eigenvalue weighted by Gasteiger charge is -2.11. The molecule has 5 heteroatoms. The van der Waals surface area contributed by atoms with E-state index in [4.69, 9.17) is 17.0 Å². The highest BCUT2D eigenvalue weighted by Crippen LogP contribution is 2.16. The maximum atomic E-state index is 11.2. The van der Waals surface area contributed by atoms with Crippen LogP contribution in [0, 0.1) is 0 Å². The van der Waals surface area contributed by atoms with Crippen molar-refractivity contribution in [1.82, 2.24) is 0 Å². The molecule has 0 aromatic heterocycles. The quantitative estimate of drug-likeness (QED) is 0.666. The zero-order valence-electron chi connectivity index (χ0n) is 11.8. The molecule has 0 saturated heterocycles. The SMILES string of the molecule is COc1ccc(NC(=S)Nc2ccc(C(C)=O)cc2)cc1. The van der Waals surface area contributed by atoms with Crippen LogP contribution >= 0.6 is 12.2 Å². The molecule has 0 spiro atoms. The molecule has 0 radical (unpaired) electrons. The number of benzene rings is 2. The van der Waals surface area contributed by atoms with Gasteiger partial charge in [0.05, 0.1) is 7.11 Å². The van der Waals surface area contributed by atoms with E-state index in [2.05, 4.69) is 10.6 Å². The van der Waals surface area contributed by atoms with Gasteiger partial charge in [-0.05, 0) is 67.7 Å². The summed E-state index contributed by atoms with van der Waals surface area (Å²) in [6, 6.07) is 14.6. The monoisotopic (exact) mass is 300 g/mol. The molecule has 21 heavy (non-hydrogen) atoms. The lowest BCUT2D eigenvalue weighted by molar-refractivity contribution is 0.101. The number of Topliss-reactive ketones (excluding diaryl/α,β-unsaturated/α-hetero) is 1. The Kier molecular flexibility index (Phi) is 4.90. The van der Waals surface area contributed by atoms with Gasteiger partial charge in [0.1, 0.15) is 5.75 Å². The molecular weight excluding hydrogens is 284 g/mol. The van der Waals surface area contributed by atoms with Crippen molar-refractivity contribution in [3.63, 3.8) is 0 Å². The molecule has 108 valence electrons.